The molecule has 156 valence electrons. The Labute approximate surface area is 174 Å². The smallest absolute Gasteiger partial charge is 0.250 e. The van der Waals surface area contributed by atoms with Gasteiger partial charge in [0.05, 0.1) is 5.52 Å². The highest BCUT2D eigenvalue weighted by atomic mass is 19.3. The second-order valence-electron chi connectivity index (χ2n) is 8.28. The summed E-state index contributed by atoms with van der Waals surface area (Å²) in [7, 11) is 2.09. The molecule has 0 aliphatic carbocycles. The minimum absolute atomic E-state index is 0.0584. The van der Waals surface area contributed by atoms with E-state index in [0.717, 1.165) is 22.0 Å². The van der Waals surface area contributed by atoms with Gasteiger partial charge in [-0.05, 0) is 48.2 Å². The van der Waals surface area contributed by atoms with Crippen molar-refractivity contribution < 1.29 is 13.5 Å². The predicted octanol–water partition coefficient (Wildman–Crippen LogP) is 5.30. The number of piperidine rings is 1. The molecule has 0 amide bonds. The van der Waals surface area contributed by atoms with Crippen LogP contribution in [0.25, 0.3) is 32.6 Å². The summed E-state index contributed by atoms with van der Waals surface area (Å²) < 4.78 is 34.8. The molecule has 2 aromatic heterocycles. The molecule has 0 unspecified atom stereocenters. The fraction of sp³-hybridized carbons (Fsp3) is 0.375. The lowest BCUT2D eigenvalue weighted by Crippen LogP contribution is -2.41. The fourth-order valence-electron chi connectivity index (χ4n) is 4.68. The summed E-state index contributed by atoms with van der Waals surface area (Å²) in [6, 6.07) is 10.4. The molecular weight excluding hydrogens is 384 g/mol. The lowest BCUT2D eigenvalue weighted by molar-refractivity contribution is -0.0564. The molecule has 1 saturated heterocycles. The van der Waals surface area contributed by atoms with E-state index in [1.807, 2.05) is 18.5 Å². The van der Waals surface area contributed by atoms with Gasteiger partial charge in [-0.1, -0.05) is 0 Å². The molecule has 3 heterocycles. The molecule has 0 N–H and O–H groups in total. The number of ether oxygens (including phenoxy) is 1. The number of pyridine rings is 1. The number of aromatic nitrogens is 2. The number of likely N-dealkylation sites (tertiary alicyclic amines) is 1. The van der Waals surface area contributed by atoms with E-state index in [1.54, 1.807) is 0 Å². The van der Waals surface area contributed by atoms with E-state index in [4.69, 9.17) is 4.74 Å². The van der Waals surface area contributed by atoms with Gasteiger partial charge < -0.3 is 9.30 Å². The van der Waals surface area contributed by atoms with Crippen LogP contribution >= 0.6 is 0 Å². The van der Waals surface area contributed by atoms with Crippen molar-refractivity contribution in [3.05, 3.63) is 48.3 Å². The van der Waals surface area contributed by atoms with Gasteiger partial charge in [0.15, 0.2) is 0 Å². The number of benzene rings is 2. The Morgan fingerprint density at radius 3 is 2.67 bits per heavy atom. The molecule has 0 saturated carbocycles. The van der Waals surface area contributed by atoms with Crippen molar-refractivity contribution in [2.75, 3.05) is 26.2 Å². The molecule has 0 bridgehead atoms. The molecule has 1 aliphatic heterocycles. The summed E-state index contributed by atoms with van der Waals surface area (Å²) in [5.74, 6) is -1.70. The van der Waals surface area contributed by atoms with Gasteiger partial charge in [-0.2, -0.15) is 0 Å². The van der Waals surface area contributed by atoms with Crippen molar-refractivity contribution in [1.82, 2.24) is 14.5 Å². The van der Waals surface area contributed by atoms with E-state index in [9.17, 15) is 8.78 Å². The number of hydrogen-bond donors (Lipinski definition) is 0. The van der Waals surface area contributed by atoms with Crippen LogP contribution in [0.3, 0.4) is 0 Å². The second-order valence-corrected chi connectivity index (χ2v) is 8.28. The van der Waals surface area contributed by atoms with Crippen LogP contribution in [0.15, 0.2) is 42.7 Å². The van der Waals surface area contributed by atoms with Gasteiger partial charge in [0.2, 0.25) is 0 Å². The molecule has 5 rings (SSSR count). The third kappa shape index (κ3) is 3.29. The molecule has 2 aromatic carbocycles. The SMILES string of the molecule is Cc1c2ccncc2cc2c3cc(OCCN4CCC(F)(F)CC4)ccc3n(C)c12. The summed E-state index contributed by atoms with van der Waals surface area (Å²) in [6.07, 6.45) is 3.62. The number of rotatable bonds is 4. The Kier molecular flexibility index (Phi) is 4.62. The monoisotopic (exact) mass is 409 g/mol. The van der Waals surface area contributed by atoms with Crippen LogP contribution < -0.4 is 4.74 Å². The number of nitrogens with zero attached hydrogens (tertiary/aromatic N) is 3. The summed E-state index contributed by atoms with van der Waals surface area (Å²) in [5.41, 5.74) is 3.62. The first-order valence-electron chi connectivity index (χ1n) is 10.4. The lowest BCUT2D eigenvalue weighted by atomic mass is 10.0. The van der Waals surface area contributed by atoms with Crippen LogP contribution in [0.4, 0.5) is 8.78 Å². The highest BCUT2D eigenvalue weighted by Gasteiger charge is 2.33. The van der Waals surface area contributed by atoms with Gasteiger partial charge in [0.1, 0.15) is 12.4 Å². The first-order valence-corrected chi connectivity index (χ1v) is 10.4. The van der Waals surface area contributed by atoms with Gasteiger partial charge in [0.25, 0.3) is 5.92 Å². The third-order valence-electron chi connectivity index (χ3n) is 6.38. The van der Waals surface area contributed by atoms with E-state index >= 15 is 0 Å². The molecule has 0 atom stereocenters. The van der Waals surface area contributed by atoms with Crippen molar-refractivity contribution >= 4 is 32.6 Å². The van der Waals surface area contributed by atoms with Crippen LogP contribution in [0.5, 0.6) is 5.75 Å². The number of aryl methyl sites for hydroxylation is 2. The normalized spacial score (nSPS) is 17.2. The van der Waals surface area contributed by atoms with Crippen molar-refractivity contribution in [2.45, 2.75) is 25.7 Å². The molecule has 0 radical (unpaired) electrons. The lowest BCUT2D eigenvalue weighted by Gasteiger charge is -2.31. The minimum Gasteiger partial charge on any atom is -0.492 e. The summed E-state index contributed by atoms with van der Waals surface area (Å²) in [5, 5.41) is 4.68. The van der Waals surface area contributed by atoms with Gasteiger partial charge in [-0.25, -0.2) is 8.78 Å². The van der Waals surface area contributed by atoms with Crippen molar-refractivity contribution in [2.24, 2.45) is 7.05 Å². The number of halogens is 2. The van der Waals surface area contributed by atoms with Gasteiger partial charge >= 0.3 is 0 Å². The predicted molar refractivity (Wildman–Crippen MR) is 117 cm³/mol. The topological polar surface area (TPSA) is 30.3 Å². The molecule has 30 heavy (non-hydrogen) atoms. The van der Waals surface area contributed by atoms with E-state index in [1.165, 1.54) is 21.9 Å². The van der Waals surface area contributed by atoms with Crippen LogP contribution in [0.2, 0.25) is 0 Å². The van der Waals surface area contributed by atoms with Crippen LogP contribution in [-0.2, 0) is 7.05 Å². The number of alkyl halides is 2. The number of fused-ring (bicyclic) bond motifs is 4. The standard InChI is InChI=1S/C24H25F2N3O/c1-16-19-5-8-27-15-17(19)13-21-20-14-18(3-4-22(20)28(2)23(16)21)30-12-11-29-9-6-24(25,26)7-10-29/h3-5,8,13-15H,6-7,9-12H2,1-2H3. The maximum atomic E-state index is 13.3. The van der Waals surface area contributed by atoms with E-state index < -0.39 is 5.92 Å². The second kappa shape index (κ2) is 7.20. The zero-order valence-electron chi connectivity index (χ0n) is 17.3. The Morgan fingerprint density at radius 1 is 1.07 bits per heavy atom. The van der Waals surface area contributed by atoms with Crippen LogP contribution in [0.1, 0.15) is 18.4 Å². The first-order chi connectivity index (χ1) is 14.4. The number of hydrogen-bond acceptors (Lipinski definition) is 3. The highest BCUT2D eigenvalue weighted by molar-refractivity contribution is 6.14. The first kappa shape index (κ1) is 19.2. The molecule has 1 fully saturated rings. The molecule has 1 aliphatic rings. The van der Waals surface area contributed by atoms with Crippen molar-refractivity contribution in [3.63, 3.8) is 0 Å². The third-order valence-corrected chi connectivity index (χ3v) is 6.38. The molecular formula is C24H25F2N3O. The average Bonchev–Trinajstić information content (AvgIpc) is 3.01. The Morgan fingerprint density at radius 2 is 1.87 bits per heavy atom. The van der Waals surface area contributed by atoms with Crippen LogP contribution in [-0.4, -0.2) is 46.6 Å². The quantitative estimate of drug-likeness (QED) is 0.458. The van der Waals surface area contributed by atoms with Crippen LogP contribution in [0, 0.1) is 6.92 Å². The summed E-state index contributed by atoms with van der Waals surface area (Å²) in [6.45, 7) is 4.17. The Bertz CT molecular complexity index is 1240. The summed E-state index contributed by atoms with van der Waals surface area (Å²) >= 11 is 0. The molecule has 6 heteroatoms. The molecule has 4 nitrogen and oxygen atoms in total. The Balaban J connectivity index is 1.42. The molecule has 0 spiro atoms. The largest absolute Gasteiger partial charge is 0.492 e. The van der Waals surface area contributed by atoms with E-state index in [-0.39, 0.29) is 12.8 Å². The maximum Gasteiger partial charge on any atom is 0.250 e. The van der Waals surface area contributed by atoms with E-state index in [0.29, 0.717) is 26.2 Å². The maximum absolute atomic E-state index is 13.3. The highest BCUT2D eigenvalue weighted by Crippen LogP contribution is 2.36. The zero-order valence-corrected chi connectivity index (χ0v) is 17.3. The Hall–Kier alpha value is -2.73. The minimum atomic E-state index is -2.51. The summed E-state index contributed by atoms with van der Waals surface area (Å²) in [4.78, 5) is 6.33. The van der Waals surface area contributed by atoms with Gasteiger partial charge in [-0.15, -0.1) is 0 Å². The van der Waals surface area contributed by atoms with Crippen molar-refractivity contribution in [1.29, 1.82) is 0 Å². The van der Waals surface area contributed by atoms with E-state index in [2.05, 4.69) is 52.7 Å². The fourth-order valence-corrected chi connectivity index (χ4v) is 4.68. The molecule has 4 aromatic rings. The zero-order chi connectivity index (χ0) is 20.9. The van der Waals surface area contributed by atoms with Gasteiger partial charge in [-0.3, -0.25) is 9.88 Å². The van der Waals surface area contributed by atoms with Crippen molar-refractivity contribution in [3.8, 4) is 5.75 Å². The average molecular weight is 409 g/mol. The van der Waals surface area contributed by atoms with Gasteiger partial charge in [0, 0.05) is 73.6 Å².